The highest BCUT2D eigenvalue weighted by Gasteiger charge is 2.40. The number of hydrogen-bond donors (Lipinski definition) is 1. The Balaban J connectivity index is 1.82. The van der Waals surface area contributed by atoms with Crippen LogP contribution in [-0.4, -0.2) is 23.8 Å². The minimum absolute atomic E-state index is 0.0513. The molecule has 0 aliphatic carbocycles. The van der Waals surface area contributed by atoms with Gasteiger partial charge in [0.15, 0.2) is 0 Å². The van der Waals surface area contributed by atoms with Crippen LogP contribution < -0.4 is 10.1 Å². The van der Waals surface area contributed by atoms with Gasteiger partial charge in [-0.1, -0.05) is 65.7 Å². The largest absolute Gasteiger partial charge is 0.496 e. The molecule has 7 heteroatoms. The molecule has 1 aliphatic rings. The zero-order valence-electron chi connectivity index (χ0n) is 17.5. The molecule has 0 bridgehead atoms. The molecule has 0 radical (unpaired) electrons. The van der Waals surface area contributed by atoms with Crippen LogP contribution in [0.3, 0.4) is 0 Å². The zero-order chi connectivity index (χ0) is 22.8. The van der Waals surface area contributed by atoms with Gasteiger partial charge in [-0.15, -0.1) is 0 Å². The van der Waals surface area contributed by atoms with E-state index >= 15 is 0 Å². The van der Waals surface area contributed by atoms with Gasteiger partial charge in [0.25, 0.3) is 11.8 Å². The Morgan fingerprint density at radius 2 is 1.56 bits per heavy atom. The highest BCUT2D eigenvalue weighted by atomic mass is 35.5. The van der Waals surface area contributed by atoms with Crippen molar-refractivity contribution in [3.8, 4) is 5.75 Å². The lowest BCUT2D eigenvalue weighted by Crippen LogP contribution is -2.32. The van der Waals surface area contributed by atoms with Crippen LogP contribution in [0.1, 0.15) is 16.7 Å². The number of amides is 2. The van der Waals surface area contributed by atoms with E-state index in [4.69, 9.17) is 27.9 Å². The number of hydrogen-bond acceptors (Lipinski definition) is 4. The maximum Gasteiger partial charge on any atom is 0.278 e. The van der Waals surface area contributed by atoms with Crippen molar-refractivity contribution in [3.63, 3.8) is 0 Å². The number of imide groups is 1. The van der Waals surface area contributed by atoms with E-state index in [2.05, 4.69) is 5.32 Å². The predicted molar refractivity (Wildman–Crippen MR) is 127 cm³/mol. The molecule has 0 aromatic heterocycles. The average Bonchev–Trinajstić information content (AvgIpc) is 3.02. The molecule has 3 aromatic carbocycles. The quantitative estimate of drug-likeness (QED) is 0.473. The van der Waals surface area contributed by atoms with Gasteiger partial charge < -0.3 is 10.1 Å². The fourth-order valence-corrected chi connectivity index (χ4v) is 3.98. The summed E-state index contributed by atoms with van der Waals surface area (Å²) in [5, 5.41) is 4.20. The molecule has 32 heavy (non-hydrogen) atoms. The fourth-order valence-electron chi connectivity index (χ4n) is 3.61. The lowest BCUT2D eigenvalue weighted by molar-refractivity contribution is -0.137. The van der Waals surface area contributed by atoms with Gasteiger partial charge in [0.2, 0.25) is 0 Å². The molecule has 0 fully saturated rings. The molecule has 1 N–H and O–H groups in total. The van der Waals surface area contributed by atoms with Crippen LogP contribution in [0, 0.1) is 6.92 Å². The number of carbonyl (C=O) groups excluding carboxylic acids is 2. The van der Waals surface area contributed by atoms with Crippen LogP contribution in [-0.2, 0) is 16.1 Å². The second kappa shape index (κ2) is 9.07. The van der Waals surface area contributed by atoms with Crippen molar-refractivity contribution in [2.45, 2.75) is 13.5 Å². The highest BCUT2D eigenvalue weighted by Crippen LogP contribution is 2.37. The van der Waals surface area contributed by atoms with E-state index < -0.39 is 11.8 Å². The summed E-state index contributed by atoms with van der Waals surface area (Å²) in [5.41, 5.74) is 3.01. The Bertz CT molecular complexity index is 1250. The van der Waals surface area contributed by atoms with Crippen LogP contribution in [0.4, 0.5) is 5.69 Å². The maximum atomic E-state index is 13.5. The van der Waals surface area contributed by atoms with E-state index in [1.807, 2.05) is 19.1 Å². The summed E-state index contributed by atoms with van der Waals surface area (Å²) in [5.74, 6) is -0.387. The Morgan fingerprint density at radius 3 is 2.31 bits per heavy atom. The van der Waals surface area contributed by atoms with Crippen molar-refractivity contribution in [2.75, 3.05) is 12.4 Å². The van der Waals surface area contributed by atoms with Crippen LogP contribution in [0.5, 0.6) is 5.75 Å². The van der Waals surface area contributed by atoms with Gasteiger partial charge >= 0.3 is 0 Å². The summed E-state index contributed by atoms with van der Waals surface area (Å²) in [4.78, 5) is 28.2. The Morgan fingerprint density at radius 1 is 0.875 bits per heavy atom. The van der Waals surface area contributed by atoms with Gasteiger partial charge in [0.05, 0.1) is 19.2 Å². The smallest absolute Gasteiger partial charge is 0.278 e. The third-order valence-electron chi connectivity index (χ3n) is 5.36. The first-order chi connectivity index (χ1) is 15.4. The number of methoxy groups -OCH3 is 1. The molecule has 3 aromatic rings. The monoisotopic (exact) mass is 466 g/mol. The summed E-state index contributed by atoms with van der Waals surface area (Å²) in [7, 11) is 1.52. The molecule has 0 saturated heterocycles. The zero-order valence-corrected chi connectivity index (χ0v) is 19.0. The lowest BCUT2D eigenvalue weighted by Gasteiger charge is -2.17. The number of nitrogens with one attached hydrogen (secondary N) is 1. The summed E-state index contributed by atoms with van der Waals surface area (Å²) in [6.07, 6.45) is 0. The molecule has 0 atom stereocenters. The number of carbonyl (C=O) groups is 2. The maximum absolute atomic E-state index is 13.5. The Kier molecular flexibility index (Phi) is 6.21. The summed E-state index contributed by atoms with van der Waals surface area (Å²) >= 11 is 12.6. The number of rotatable bonds is 6. The van der Waals surface area contributed by atoms with Crippen molar-refractivity contribution >= 4 is 46.3 Å². The van der Waals surface area contributed by atoms with E-state index in [1.165, 1.54) is 12.0 Å². The van der Waals surface area contributed by atoms with Crippen molar-refractivity contribution in [3.05, 3.63) is 99.2 Å². The van der Waals surface area contributed by atoms with E-state index in [0.717, 1.165) is 5.56 Å². The van der Waals surface area contributed by atoms with Gasteiger partial charge in [0.1, 0.15) is 11.4 Å². The SMILES string of the molecule is COc1ccccc1C1=C(Nc2cccc(Cl)c2C)C(=O)N(Cc2ccccc2Cl)C1=O. The van der Waals surface area contributed by atoms with Crippen molar-refractivity contribution in [2.24, 2.45) is 0 Å². The molecule has 1 aliphatic heterocycles. The summed E-state index contributed by atoms with van der Waals surface area (Å²) in [6, 6.07) is 19.6. The molecule has 4 rings (SSSR count). The number of ether oxygens (including phenoxy) is 1. The van der Waals surface area contributed by atoms with Crippen molar-refractivity contribution in [1.82, 2.24) is 4.90 Å². The lowest BCUT2D eigenvalue weighted by atomic mass is 10.0. The van der Waals surface area contributed by atoms with Crippen LogP contribution in [0.2, 0.25) is 10.0 Å². The first-order valence-corrected chi connectivity index (χ1v) is 10.7. The molecule has 2 amide bonds. The fraction of sp³-hybridized carbons (Fsp3) is 0.120. The molecular formula is C25H20Cl2N2O3. The second-order valence-electron chi connectivity index (χ2n) is 7.28. The van der Waals surface area contributed by atoms with Gasteiger partial charge in [-0.3, -0.25) is 14.5 Å². The summed E-state index contributed by atoms with van der Waals surface area (Å²) < 4.78 is 5.47. The second-order valence-corrected chi connectivity index (χ2v) is 8.09. The number of para-hydroxylation sites is 1. The summed E-state index contributed by atoms with van der Waals surface area (Å²) in [6.45, 7) is 1.90. The topological polar surface area (TPSA) is 58.6 Å². The molecular weight excluding hydrogens is 447 g/mol. The molecule has 0 saturated carbocycles. The van der Waals surface area contributed by atoms with E-state index in [1.54, 1.807) is 54.6 Å². The van der Waals surface area contributed by atoms with Crippen LogP contribution in [0.15, 0.2) is 72.4 Å². The minimum Gasteiger partial charge on any atom is -0.496 e. The van der Waals surface area contributed by atoms with Gasteiger partial charge in [-0.2, -0.15) is 0 Å². The average molecular weight is 467 g/mol. The van der Waals surface area contributed by atoms with E-state index in [-0.39, 0.29) is 17.8 Å². The van der Waals surface area contributed by atoms with Crippen molar-refractivity contribution < 1.29 is 14.3 Å². The van der Waals surface area contributed by atoms with Crippen LogP contribution in [0.25, 0.3) is 5.57 Å². The van der Waals surface area contributed by atoms with Gasteiger partial charge in [-0.25, -0.2) is 0 Å². The first kappa shape index (κ1) is 21.9. The van der Waals surface area contributed by atoms with Crippen LogP contribution >= 0.6 is 23.2 Å². The number of nitrogens with zero attached hydrogens (tertiary/aromatic N) is 1. The first-order valence-electron chi connectivity index (χ1n) is 9.91. The molecule has 5 nitrogen and oxygen atoms in total. The molecule has 162 valence electrons. The third kappa shape index (κ3) is 3.97. The normalized spacial score (nSPS) is 13.7. The molecule has 0 spiro atoms. The third-order valence-corrected chi connectivity index (χ3v) is 6.14. The standard InChI is InChI=1S/C25H20Cl2N2O3/c1-15-18(26)11-7-12-20(15)28-23-22(17-9-4-6-13-21(17)32-2)24(30)29(25(23)31)14-16-8-3-5-10-19(16)27/h3-13,28H,14H2,1-2H3. The van der Waals surface area contributed by atoms with Gasteiger partial charge in [-0.05, 0) is 42.3 Å². The van der Waals surface area contributed by atoms with Crippen molar-refractivity contribution in [1.29, 1.82) is 0 Å². The Labute approximate surface area is 196 Å². The predicted octanol–water partition coefficient (Wildman–Crippen LogP) is 5.70. The number of benzene rings is 3. The highest BCUT2D eigenvalue weighted by molar-refractivity contribution is 6.37. The van der Waals surface area contributed by atoms with E-state index in [9.17, 15) is 9.59 Å². The number of halogens is 2. The Hall–Kier alpha value is -3.28. The molecule has 1 heterocycles. The molecule has 0 unspecified atom stereocenters. The van der Waals surface area contributed by atoms with Gasteiger partial charge in [0, 0.05) is 21.3 Å². The minimum atomic E-state index is -0.449. The number of anilines is 1. The van der Waals surface area contributed by atoms with E-state index in [0.29, 0.717) is 32.6 Å².